The van der Waals surface area contributed by atoms with Crippen molar-refractivity contribution >= 4 is 57.9 Å². The van der Waals surface area contributed by atoms with Crippen molar-refractivity contribution in [3.8, 4) is 11.1 Å². The lowest BCUT2D eigenvalue weighted by molar-refractivity contribution is 0.221. The van der Waals surface area contributed by atoms with Crippen LogP contribution >= 0.6 is 35.6 Å². The van der Waals surface area contributed by atoms with Crippen LogP contribution in [0.1, 0.15) is 24.8 Å². The molecule has 0 saturated carbocycles. The molecule has 0 radical (unpaired) electrons. The summed E-state index contributed by atoms with van der Waals surface area (Å²) in [4.78, 5) is 7.02. The third-order valence-corrected chi connectivity index (χ3v) is 6.58. The van der Waals surface area contributed by atoms with Crippen molar-refractivity contribution in [2.75, 3.05) is 18.4 Å². The summed E-state index contributed by atoms with van der Waals surface area (Å²) in [5.74, 6) is 0. The molecule has 4 aromatic rings. The van der Waals surface area contributed by atoms with Crippen LogP contribution < -0.4 is 5.32 Å². The molecule has 2 heterocycles. The van der Waals surface area contributed by atoms with E-state index in [0.29, 0.717) is 5.02 Å². The fraction of sp³-hybridized carbons (Fsp3) is 0.222. The molecule has 3 aromatic carbocycles. The molecule has 1 fully saturated rings. The van der Waals surface area contributed by atoms with Gasteiger partial charge in [-0.25, -0.2) is 0 Å². The minimum absolute atomic E-state index is 0. The van der Waals surface area contributed by atoms with Crippen molar-refractivity contribution in [3.05, 3.63) is 88.5 Å². The molecular formula is C27H26Cl3N3. The zero-order valence-corrected chi connectivity index (χ0v) is 20.6. The van der Waals surface area contributed by atoms with E-state index in [9.17, 15) is 0 Å². The fourth-order valence-electron chi connectivity index (χ4n) is 4.43. The molecule has 3 nitrogen and oxygen atoms in total. The van der Waals surface area contributed by atoms with E-state index < -0.39 is 0 Å². The third kappa shape index (κ3) is 5.62. The van der Waals surface area contributed by atoms with Gasteiger partial charge in [-0.05, 0) is 91.2 Å². The second-order valence-electron chi connectivity index (χ2n) is 8.36. The first-order valence-electron chi connectivity index (χ1n) is 11.1. The minimum Gasteiger partial charge on any atom is -0.355 e. The normalized spacial score (nSPS) is 14.1. The van der Waals surface area contributed by atoms with Crippen LogP contribution in [0.15, 0.2) is 72.9 Å². The van der Waals surface area contributed by atoms with E-state index in [2.05, 4.69) is 45.5 Å². The molecule has 0 unspecified atom stereocenters. The quantitative estimate of drug-likeness (QED) is 0.299. The molecule has 0 bridgehead atoms. The summed E-state index contributed by atoms with van der Waals surface area (Å²) < 4.78 is 0. The molecule has 6 heteroatoms. The van der Waals surface area contributed by atoms with Crippen LogP contribution in [0.25, 0.3) is 22.0 Å². The molecule has 1 N–H and O–H groups in total. The zero-order valence-electron chi connectivity index (χ0n) is 18.2. The van der Waals surface area contributed by atoms with Gasteiger partial charge in [0, 0.05) is 39.5 Å². The Morgan fingerprint density at radius 3 is 2.36 bits per heavy atom. The molecule has 0 spiro atoms. The summed E-state index contributed by atoms with van der Waals surface area (Å²) in [6, 6.07) is 22.6. The van der Waals surface area contributed by atoms with Crippen LogP contribution in [-0.4, -0.2) is 23.0 Å². The van der Waals surface area contributed by atoms with E-state index in [0.717, 1.165) is 33.8 Å². The van der Waals surface area contributed by atoms with Gasteiger partial charge >= 0.3 is 0 Å². The molecule has 1 aliphatic rings. The maximum absolute atomic E-state index is 6.16. The molecular weight excluding hydrogens is 473 g/mol. The number of pyridine rings is 1. The summed E-state index contributed by atoms with van der Waals surface area (Å²) in [7, 11) is 0. The number of rotatable bonds is 5. The van der Waals surface area contributed by atoms with E-state index in [4.69, 9.17) is 23.2 Å². The Bertz CT molecular complexity index is 1240. The molecule has 170 valence electrons. The van der Waals surface area contributed by atoms with E-state index in [1.807, 2.05) is 42.6 Å². The van der Waals surface area contributed by atoms with Gasteiger partial charge in [0.1, 0.15) is 0 Å². The van der Waals surface area contributed by atoms with Crippen LogP contribution in [0.2, 0.25) is 10.0 Å². The first-order chi connectivity index (χ1) is 15.7. The number of fused-ring (bicyclic) bond motifs is 1. The average molecular weight is 499 g/mol. The smallest absolute Gasteiger partial charge is 0.0737 e. The Balaban J connectivity index is 0.00000259. The lowest BCUT2D eigenvalue weighted by atomic mass is 9.97. The van der Waals surface area contributed by atoms with E-state index in [1.165, 1.54) is 49.0 Å². The van der Waals surface area contributed by atoms with Crippen LogP contribution in [0.5, 0.6) is 0 Å². The number of halogens is 3. The number of piperidine rings is 1. The number of hydrogen-bond acceptors (Lipinski definition) is 3. The van der Waals surface area contributed by atoms with Gasteiger partial charge < -0.3 is 5.32 Å². The fourth-order valence-corrected chi connectivity index (χ4v) is 4.73. The van der Waals surface area contributed by atoms with Gasteiger partial charge in [-0.1, -0.05) is 47.8 Å². The minimum atomic E-state index is 0. The predicted molar refractivity (Wildman–Crippen MR) is 143 cm³/mol. The topological polar surface area (TPSA) is 28.2 Å². The van der Waals surface area contributed by atoms with Crippen LogP contribution in [-0.2, 0) is 6.54 Å². The molecule has 1 saturated heterocycles. The zero-order chi connectivity index (χ0) is 21.9. The monoisotopic (exact) mass is 497 g/mol. The number of hydrogen-bond donors (Lipinski definition) is 1. The predicted octanol–water partition coefficient (Wildman–Crippen LogP) is 8.36. The summed E-state index contributed by atoms with van der Waals surface area (Å²) in [5.41, 5.74) is 6.68. The Labute approximate surface area is 211 Å². The van der Waals surface area contributed by atoms with Gasteiger partial charge in [-0.3, -0.25) is 9.88 Å². The number of benzene rings is 3. The second-order valence-corrected chi connectivity index (χ2v) is 9.23. The van der Waals surface area contributed by atoms with Crippen molar-refractivity contribution in [2.45, 2.75) is 25.8 Å². The first kappa shape index (κ1) is 23.8. The molecule has 0 aliphatic carbocycles. The SMILES string of the molecule is Cl.Clc1ccc(-c2cc(Nc3ccnc4cc(Cl)ccc34)ccc2CN2CCCCC2)cc1. The van der Waals surface area contributed by atoms with Gasteiger partial charge in [0.05, 0.1) is 5.52 Å². The van der Waals surface area contributed by atoms with Gasteiger partial charge in [0.15, 0.2) is 0 Å². The van der Waals surface area contributed by atoms with Crippen molar-refractivity contribution in [1.29, 1.82) is 0 Å². The first-order valence-corrected chi connectivity index (χ1v) is 11.8. The van der Waals surface area contributed by atoms with Crippen molar-refractivity contribution < 1.29 is 0 Å². The van der Waals surface area contributed by atoms with Crippen LogP contribution in [0, 0.1) is 0 Å². The van der Waals surface area contributed by atoms with Gasteiger partial charge in [-0.15, -0.1) is 12.4 Å². The summed E-state index contributed by atoms with van der Waals surface area (Å²) in [6.45, 7) is 3.31. The number of anilines is 2. The summed E-state index contributed by atoms with van der Waals surface area (Å²) >= 11 is 12.3. The van der Waals surface area contributed by atoms with Crippen molar-refractivity contribution in [1.82, 2.24) is 9.88 Å². The number of nitrogens with one attached hydrogen (secondary N) is 1. The largest absolute Gasteiger partial charge is 0.355 e. The molecule has 1 aliphatic heterocycles. The van der Waals surface area contributed by atoms with Crippen molar-refractivity contribution in [2.24, 2.45) is 0 Å². The molecule has 33 heavy (non-hydrogen) atoms. The lowest BCUT2D eigenvalue weighted by Gasteiger charge is -2.27. The Morgan fingerprint density at radius 2 is 1.58 bits per heavy atom. The van der Waals surface area contributed by atoms with E-state index in [-0.39, 0.29) is 12.4 Å². The average Bonchev–Trinajstić information content (AvgIpc) is 2.81. The van der Waals surface area contributed by atoms with E-state index in [1.54, 1.807) is 0 Å². The van der Waals surface area contributed by atoms with Gasteiger partial charge in [0.2, 0.25) is 0 Å². The highest BCUT2D eigenvalue weighted by atomic mass is 35.5. The van der Waals surface area contributed by atoms with Gasteiger partial charge in [0.25, 0.3) is 0 Å². The molecule has 5 rings (SSSR count). The maximum atomic E-state index is 6.16. The molecule has 0 atom stereocenters. The highest BCUT2D eigenvalue weighted by Gasteiger charge is 2.14. The number of likely N-dealkylation sites (tertiary alicyclic amines) is 1. The lowest BCUT2D eigenvalue weighted by Crippen LogP contribution is -2.29. The third-order valence-electron chi connectivity index (χ3n) is 6.09. The standard InChI is InChI=1S/C27H25Cl2N3.ClH/c28-21-7-4-19(5-8-21)25-17-23(10-6-20(25)18-32-14-2-1-3-15-32)31-26-12-13-30-27-16-22(29)9-11-24(26)27;/h4-13,16-17H,1-3,14-15,18H2,(H,30,31);1H. The summed E-state index contributed by atoms with van der Waals surface area (Å²) in [6.07, 6.45) is 5.73. The van der Waals surface area contributed by atoms with Gasteiger partial charge in [-0.2, -0.15) is 0 Å². The Kier molecular flexibility index (Phi) is 7.77. The number of aromatic nitrogens is 1. The Morgan fingerprint density at radius 1 is 0.818 bits per heavy atom. The Hall–Kier alpha value is -2.30. The second kappa shape index (κ2) is 10.8. The highest BCUT2D eigenvalue weighted by Crippen LogP contribution is 2.33. The molecule has 0 amide bonds. The van der Waals surface area contributed by atoms with E-state index >= 15 is 0 Å². The summed E-state index contributed by atoms with van der Waals surface area (Å²) in [5, 5.41) is 6.08. The highest BCUT2D eigenvalue weighted by molar-refractivity contribution is 6.31. The molecule has 1 aromatic heterocycles. The number of nitrogens with zero attached hydrogens (tertiary/aromatic N) is 2. The maximum Gasteiger partial charge on any atom is 0.0737 e. The van der Waals surface area contributed by atoms with Crippen LogP contribution in [0.3, 0.4) is 0 Å². The van der Waals surface area contributed by atoms with Crippen LogP contribution in [0.4, 0.5) is 11.4 Å². The van der Waals surface area contributed by atoms with Crippen molar-refractivity contribution in [3.63, 3.8) is 0 Å².